The van der Waals surface area contributed by atoms with E-state index in [0.717, 1.165) is 6.42 Å². The van der Waals surface area contributed by atoms with E-state index >= 15 is 0 Å². The van der Waals surface area contributed by atoms with Crippen molar-refractivity contribution in [2.24, 2.45) is 11.7 Å². The number of amides is 1. The molecule has 0 aromatic carbocycles. The average molecular weight is 299 g/mol. The molecule has 2 atom stereocenters. The molecule has 0 spiro atoms. The molecule has 7 heteroatoms. The lowest BCUT2D eigenvalue weighted by Crippen LogP contribution is -2.30. The summed E-state index contributed by atoms with van der Waals surface area (Å²) < 4.78 is 1.64. The lowest BCUT2D eigenvalue weighted by Gasteiger charge is -2.19. The Kier molecular flexibility index (Phi) is 3.70. The highest BCUT2D eigenvalue weighted by molar-refractivity contribution is 5.77. The van der Waals surface area contributed by atoms with Gasteiger partial charge in [-0.05, 0) is 18.9 Å². The van der Waals surface area contributed by atoms with Crippen LogP contribution >= 0.6 is 0 Å². The summed E-state index contributed by atoms with van der Waals surface area (Å²) in [4.78, 5) is 36.6. The molecule has 0 saturated carbocycles. The van der Waals surface area contributed by atoms with Crippen LogP contribution in [0.1, 0.15) is 31.5 Å². The summed E-state index contributed by atoms with van der Waals surface area (Å²) in [6.07, 6.45) is 4.42. The van der Waals surface area contributed by atoms with Gasteiger partial charge in [0.1, 0.15) is 12.2 Å². The molecule has 1 amide bonds. The average Bonchev–Trinajstić information content (AvgIpc) is 2.68. The molecule has 2 aromatic rings. The molecule has 3 heterocycles. The van der Waals surface area contributed by atoms with Gasteiger partial charge < -0.3 is 5.73 Å². The maximum atomic E-state index is 12.4. The fraction of sp³-hybridized carbons (Fsp3) is 0.400. The Hall–Kier alpha value is -2.57. The van der Waals surface area contributed by atoms with Crippen LogP contribution < -0.4 is 11.3 Å². The lowest BCUT2D eigenvalue weighted by molar-refractivity contribution is -0.122. The summed E-state index contributed by atoms with van der Waals surface area (Å²) in [5.41, 5.74) is 6.45. The molecule has 0 saturated heterocycles. The van der Waals surface area contributed by atoms with E-state index in [9.17, 15) is 9.59 Å². The van der Waals surface area contributed by atoms with Gasteiger partial charge in [0.05, 0.1) is 11.4 Å². The monoisotopic (exact) mass is 299 g/mol. The Morgan fingerprint density at radius 2 is 2.23 bits per heavy atom. The summed E-state index contributed by atoms with van der Waals surface area (Å²) in [6.45, 7) is 2.45. The first-order valence-corrected chi connectivity index (χ1v) is 7.25. The second-order valence-corrected chi connectivity index (χ2v) is 5.52. The van der Waals surface area contributed by atoms with Gasteiger partial charge in [-0.15, -0.1) is 0 Å². The summed E-state index contributed by atoms with van der Waals surface area (Å²) in [5.74, 6) is -0.249. The minimum atomic E-state index is -0.345. The molecule has 0 radical (unpaired) electrons. The minimum Gasteiger partial charge on any atom is -0.369 e. The number of aromatic nitrogens is 4. The summed E-state index contributed by atoms with van der Waals surface area (Å²) in [6, 6.07) is 3.18. The van der Waals surface area contributed by atoms with Crippen molar-refractivity contribution in [3.05, 3.63) is 40.8 Å². The molecule has 22 heavy (non-hydrogen) atoms. The molecular weight excluding hydrogens is 282 g/mol. The van der Waals surface area contributed by atoms with Crippen LogP contribution in [0.5, 0.6) is 0 Å². The van der Waals surface area contributed by atoms with E-state index in [1.165, 1.54) is 12.4 Å². The van der Waals surface area contributed by atoms with Gasteiger partial charge in [-0.2, -0.15) is 0 Å². The van der Waals surface area contributed by atoms with Crippen LogP contribution in [0.25, 0.3) is 11.4 Å². The first-order chi connectivity index (χ1) is 10.6. The van der Waals surface area contributed by atoms with Gasteiger partial charge in [-0.25, -0.2) is 15.0 Å². The third kappa shape index (κ3) is 2.49. The maximum absolute atomic E-state index is 12.4. The topological polar surface area (TPSA) is 104 Å². The molecular formula is C15H17N5O2. The highest BCUT2D eigenvalue weighted by atomic mass is 16.1. The Bertz CT molecular complexity index is 756. The lowest BCUT2D eigenvalue weighted by atomic mass is 9.89. The molecule has 2 unspecified atom stereocenters. The van der Waals surface area contributed by atoms with Crippen molar-refractivity contribution in [2.75, 3.05) is 0 Å². The predicted molar refractivity (Wildman–Crippen MR) is 79.9 cm³/mol. The number of hydrogen-bond acceptors (Lipinski definition) is 5. The smallest absolute Gasteiger partial charge is 0.254 e. The maximum Gasteiger partial charge on any atom is 0.254 e. The molecule has 114 valence electrons. The molecule has 3 rings (SSSR count). The van der Waals surface area contributed by atoms with E-state index in [4.69, 9.17) is 5.73 Å². The number of nitrogens with zero attached hydrogens (tertiary/aromatic N) is 4. The number of rotatable bonds is 2. The van der Waals surface area contributed by atoms with Gasteiger partial charge >= 0.3 is 0 Å². The van der Waals surface area contributed by atoms with Crippen LogP contribution in [0.2, 0.25) is 0 Å². The van der Waals surface area contributed by atoms with Gasteiger partial charge in [0, 0.05) is 30.6 Å². The summed E-state index contributed by atoms with van der Waals surface area (Å²) >= 11 is 0. The molecule has 2 N–H and O–H groups in total. The Morgan fingerprint density at radius 1 is 1.41 bits per heavy atom. The normalized spacial score (nSPS) is 21.0. The molecule has 7 nitrogen and oxygen atoms in total. The number of fused-ring (bicyclic) bond motifs is 1. The zero-order chi connectivity index (χ0) is 15.7. The number of primary amides is 1. The molecule has 0 aliphatic carbocycles. The number of hydrogen-bond donors (Lipinski definition) is 1. The van der Waals surface area contributed by atoms with E-state index < -0.39 is 0 Å². The number of carbonyl (C=O) groups is 1. The standard InChI is InChI=1S/C15H17N5O2/c1-9-10(14(16)22)3-2-6-20-13(21)7-12(19-15(9)20)11-4-5-17-8-18-11/h4-5,7-10H,2-3,6H2,1H3,(H2,16,22). The van der Waals surface area contributed by atoms with Crippen molar-refractivity contribution in [2.45, 2.75) is 32.2 Å². The van der Waals surface area contributed by atoms with Crippen LogP contribution in [0.3, 0.4) is 0 Å². The van der Waals surface area contributed by atoms with Gasteiger partial charge in [0.15, 0.2) is 0 Å². The van der Waals surface area contributed by atoms with Crippen molar-refractivity contribution in [1.82, 2.24) is 19.5 Å². The van der Waals surface area contributed by atoms with Gasteiger partial charge in [-0.1, -0.05) is 6.92 Å². The van der Waals surface area contributed by atoms with Gasteiger partial charge in [-0.3, -0.25) is 14.2 Å². The fourth-order valence-electron chi connectivity index (χ4n) is 2.96. The predicted octanol–water partition coefficient (Wildman–Crippen LogP) is 0.699. The largest absolute Gasteiger partial charge is 0.369 e. The van der Waals surface area contributed by atoms with E-state index in [1.54, 1.807) is 16.8 Å². The van der Waals surface area contributed by atoms with E-state index in [-0.39, 0.29) is 23.3 Å². The summed E-state index contributed by atoms with van der Waals surface area (Å²) in [5, 5.41) is 0. The number of nitrogens with two attached hydrogens (primary N) is 1. The zero-order valence-corrected chi connectivity index (χ0v) is 12.3. The van der Waals surface area contributed by atoms with E-state index in [1.807, 2.05) is 6.92 Å². The third-order valence-corrected chi connectivity index (χ3v) is 4.16. The SMILES string of the molecule is CC1c2nc(-c3ccncn3)cc(=O)n2CCCC1C(N)=O. The Morgan fingerprint density at radius 3 is 2.91 bits per heavy atom. The van der Waals surface area contributed by atoms with Crippen LogP contribution in [-0.4, -0.2) is 25.4 Å². The van der Waals surface area contributed by atoms with Crippen molar-refractivity contribution in [1.29, 1.82) is 0 Å². The van der Waals surface area contributed by atoms with Crippen LogP contribution in [0.15, 0.2) is 29.5 Å². The Balaban J connectivity index is 2.14. The second kappa shape index (κ2) is 5.67. The van der Waals surface area contributed by atoms with Crippen LogP contribution in [0.4, 0.5) is 0 Å². The van der Waals surface area contributed by atoms with E-state index in [2.05, 4.69) is 15.0 Å². The van der Waals surface area contributed by atoms with Crippen LogP contribution in [-0.2, 0) is 11.3 Å². The van der Waals surface area contributed by atoms with Crippen molar-refractivity contribution in [3.8, 4) is 11.4 Å². The number of carbonyl (C=O) groups excluding carboxylic acids is 1. The van der Waals surface area contributed by atoms with Crippen molar-refractivity contribution < 1.29 is 4.79 Å². The first kappa shape index (κ1) is 14.4. The highest BCUT2D eigenvalue weighted by Gasteiger charge is 2.30. The van der Waals surface area contributed by atoms with E-state index in [0.29, 0.717) is 30.2 Å². The molecule has 0 bridgehead atoms. The first-order valence-electron chi connectivity index (χ1n) is 7.25. The highest BCUT2D eigenvalue weighted by Crippen LogP contribution is 2.30. The Labute approximate surface area is 127 Å². The fourth-order valence-corrected chi connectivity index (χ4v) is 2.96. The van der Waals surface area contributed by atoms with Gasteiger partial charge in [0.2, 0.25) is 5.91 Å². The van der Waals surface area contributed by atoms with Crippen molar-refractivity contribution >= 4 is 5.91 Å². The third-order valence-electron chi connectivity index (χ3n) is 4.16. The summed E-state index contributed by atoms with van der Waals surface area (Å²) in [7, 11) is 0. The zero-order valence-electron chi connectivity index (χ0n) is 12.3. The quantitative estimate of drug-likeness (QED) is 0.879. The van der Waals surface area contributed by atoms with Crippen molar-refractivity contribution in [3.63, 3.8) is 0 Å². The molecule has 0 fully saturated rings. The molecule has 2 aromatic heterocycles. The second-order valence-electron chi connectivity index (χ2n) is 5.52. The molecule has 1 aliphatic heterocycles. The molecule has 1 aliphatic rings. The minimum absolute atomic E-state index is 0.129. The van der Waals surface area contributed by atoms with Gasteiger partial charge in [0.25, 0.3) is 5.56 Å². The van der Waals surface area contributed by atoms with Crippen LogP contribution in [0, 0.1) is 5.92 Å².